The summed E-state index contributed by atoms with van der Waals surface area (Å²) in [6, 6.07) is 13.6. The van der Waals surface area contributed by atoms with E-state index in [1.54, 1.807) is 12.3 Å². The minimum atomic E-state index is -0.262. The first-order chi connectivity index (χ1) is 14.2. The fourth-order valence-corrected chi connectivity index (χ4v) is 4.19. The number of anilines is 2. The summed E-state index contributed by atoms with van der Waals surface area (Å²) >= 11 is 6.44. The third-order valence-electron chi connectivity index (χ3n) is 5.45. The molecule has 2 N–H and O–H groups in total. The summed E-state index contributed by atoms with van der Waals surface area (Å²) in [7, 11) is 0. The van der Waals surface area contributed by atoms with Crippen LogP contribution in [-0.4, -0.2) is 34.9 Å². The van der Waals surface area contributed by atoms with Crippen molar-refractivity contribution in [2.75, 3.05) is 23.3 Å². The van der Waals surface area contributed by atoms with Gasteiger partial charge in [-0.25, -0.2) is 0 Å². The molecule has 0 aliphatic carbocycles. The first-order valence-electron chi connectivity index (χ1n) is 9.74. The summed E-state index contributed by atoms with van der Waals surface area (Å²) in [5.74, 6) is -0.262. The highest BCUT2D eigenvalue weighted by atomic mass is 35.5. The Kier molecular flexibility index (Phi) is 4.56. The van der Waals surface area contributed by atoms with E-state index in [4.69, 9.17) is 11.6 Å². The lowest BCUT2D eigenvalue weighted by molar-refractivity contribution is 0.102. The number of fused-ring (bicyclic) bond motifs is 1. The minimum Gasteiger partial charge on any atom is -0.371 e. The van der Waals surface area contributed by atoms with E-state index >= 15 is 0 Å². The Morgan fingerprint density at radius 3 is 2.76 bits per heavy atom. The molecule has 2 aliphatic heterocycles. The van der Waals surface area contributed by atoms with Crippen LogP contribution in [0.5, 0.6) is 0 Å². The molecule has 2 aromatic carbocycles. The Balaban J connectivity index is 1.36. The van der Waals surface area contributed by atoms with Crippen molar-refractivity contribution in [3.63, 3.8) is 0 Å². The van der Waals surface area contributed by atoms with Gasteiger partial charge in [-0.3, -0.25) is 14.9 Å². The molecule has 1 aromatic heterocycles. The number of hydrogen-bond donors (Lipinski definition) is 2. The Labute approximate surface area is 173 Å². The van der Waals surface area contributed by atoms with E-state index in [-0.39, 0.29) is 5.91 Å². The second-order valence-corrected chi connectivity index (χ2v) is 7.74. The SMILES string of the molecule is O=C(Nc1cn[nH]c1C1=Nc2ccccc2C1)c1ccc(N2CCCC2)cc1Cl. The van der Waals surface area contributed by atoms with Gasteiger partial charge in [0.05, 0.1) is 33.9 Å². The highest BCUT2D eigenvalue weighted by molar-refractivity contribution is 6.34. The van der Waals surface area contributed by atoms with Crippen molar-refractivity contribution < 1.29 is 4.79 Å². The van der Waals surface area contributed by atoms with Crippen molar-refractivity contribution in [3.8, 4) is 0 Å². The monoisotopic (exact) mass is 405 g/mol. The molecule has 0 bridgehead atoms. The predicted molar refractivity (Wildman–Crippen MR) is 116 cm³/mol. The molecule has 3 aromatic rings. The van der Waals surface area contributed by atoms with E-state index in [1.807, 2.05) is 30.3 Å². The van der Waals surface area contributed by atoms with Crippen molar-refractivity contribution in [1.82, 2.24) is 10.2 Å². The molecule has 7 heteroatoms. The van der Waals surface area contributed by atoms with Gasteiger partial charge in [-0.05, 0) is 42.7 Å². The van der Waals surface area contributed by atoms with Gasteiger partial charge < -0.3 is 10.2 Å². The molecule has 0 spiro atoms. The summed E-state index contributed by atoms with van der Waals surface area (Å²) in [6.45, 7) is 2.06. The fraction of sp³-hybridized carbons (Fsp3) is 0.227. The highest BCUT2D eigenvalue weighted by Gasteiger charge is 2.22. The van der Waals surface area contributed by atoms with Gasteiger partial charge in [-0.15, -0.1) is 0 Å². The summed E-state index contributed by atoms with van der Waals surface area (Å²) < 4.78 is 0. The standard InChI is InChI=1S/C22H20ClN5O/c23-17-12-15(28-9-3-4-10-28)7-8-16(17)22(29)26-20-13-24-27-21(20)19-11-14-5-1-2-6-18(14)25-19/h1-2,5-8,12-13H,3-4,9-11H2,(H,24,27)(H,26,29). The molecule has 1 amide bonds. The lowest BCUT2D eigenvalue weighted by Gasteiger charge is -2.18. The van der Waals surface area contributed by atoms with Crippen LogP contribution in [0.1, 0.15) is 34.5 Å². The topological polar surface area (TPSA) is 73.4 Å². The van der Waals surface area contributed by atoms with Gasteiger partial charge in [0.2, 0.25) is 0 Å². The lowest BCUT2D eigenvalue weighted by atomic mass is 10.1. The maximum Gasteiger partial charge on any atom is 0.257 e. The highest BCUT2D eigenvalue weighted by Crippen LogP contribution is 2.31. The van der Waals surface area contributed by atoms with Crippen molar-refractivity contribution in [2.24, 2.45) is 4.99 Å². The van der Waals surface area contributed by atoms with E-state index in [9.17, 15) is 4.79 Å². The first kappa shape index (κ1) is 17.9. The second kappa shape index (κ2) is 7.37. The average molecular weight is 406 g/mol. The molecular weight excluding hydrogens is 386 g/mol. The number of carbonyl (C=O) groups is 1. The zero-order valence-corrected chi connectivity index (χ0v) is 16.5. The van der Waals surface area contributed by atoms with E-state index in [0.29, 0.717) is 22.7 Å². The molecule has 29 heavy (non-hydrogen) atoms. The molecule has 146 valence electrons. The molecule has 1 saturated heterocycles. The molecule has 0 atom stereocenters. The van der Waals surface area contributed by atoms with Gasteiger partial charge in [0.1, 0.15) is 5.69 Å². The Morgan fingerprint density at radius 2 is 1.97 bits per heavy atom. The Bertz CT molecular complexity index is 1110. The van der Waals surface area contributed by atoms with Crippen LogP contribution in [0, 0.1) is 0 Å². The molecule has 5 rings (SSSR count). The smallest absolute Gasteiger partial charge is 0.257 e. The van der Waals surface area contributed by atoms with Crippen LogP contribution in [0.25, 0.3) is 0 Å². The zero-order chi connectivity index (χ0) is 19.8. The minimum absolute atomic E-state index is 0.262. The van der Waals surface area contributed by atoms with Crippen LogP contribution in [0.15, 0.2) is 53.7 Å². The number of hydrogen-bond acceptors (Lipinski definition) is 4. The molecule has 0 radical (unpaired) electrons. The molecule has 0 unspecified atom stereocenters. The summed E-state index contributed by atoms with van der Waals surface area (Å²) in [5.41, 5.74) is 5.80. The molecular formula is C22H20ClN5O. The summed E-state index contributed by atoms with van der Waals surface area (Å²) in [4.78, 5) is 19.8. The van der Waals surface area contributed by atoms with Crippen molar-refractivity contribution >= 4 is 40.3 Å². The van der Waals surface area contributed by atoms with Crippen LogP contribution in [0.3, 0.4) is 0 Å². The van der Waals surface area contributed by atoms with Crippen molar-refractivity contribution in [2.45, 2.75) is 19.3 Å². The number of rotatable bonds is 4. The summed E-state index contributed by atoms with van der Waals surface area (Å²) in [5, 5.41) is 10.4. The lowest BCUT2D eigenvalue weighted by Crippen LogP contribution is -2.18. The van der Waals surface area contributed by atoms with Crippen molar-refractivity contribution in [3.05, 3.63) is 70.5 Å². The van der Waals surface area contributed by atoms with Gasteiger partial charge in [0.15, 0.2) is 0 Å². The number of aromatic nitrogens is 2. The third-order valence-corrected chi connectivity index (χ3v) is 5.76. The van der Waals surface area contributed by atoms with E-state index in [1.165, 1.54) is 12.8 Å². The predicted octanol–water partition coefficient (Wildman–Crippen LogP) is 4.59. The normalized spacial score (nSPS) is 15.3. The number of nitrogens with zero attached hydrogens (tertiary/aromatic N) is 3. The van der Waals surface area contributed by atoms with Gasteiger partial charge >= 0.3 is 0 Å². The molecule has 0 saturated carbocycles. The van der Waals surface area contributed by atoms with Crippen LogP contribution in [-0.2, 0) is 6.42 Å². The molecule has 2 aliphatic rings. The number of aliphatic imine (C=N–C) groups is 1. The number of nitrogens with one attached hydrogen (secondary N) is 2. The number of halogens is 1. The maximum absolute atomic E-state index is 12.9. The summed E-state index contributed by atoms with van der Waals surface area (Å²) in [6.07, 6.45) is 4.69. The van der Waals surface area contributed by atoms with Crippen LogP contribution >= 0.6 is 11.6 Å². The van der Waals surface area contributed by atoms with Gasteiger partial charge in [-0.1, -0.05) is 29.8 Å². The number of benzene rings is 2. The zero-order valence-electron chi connectivity index (χ0n) is 15.8. The van der Waals surface area contributed by atoms with Gasteiger partial charge in [0, 0.05) is 25.2 Å². The Hall–Kier alpha value is -3.12. The molecule has 3 heterocycles. The second-order valence-electron chi connectivity index (χ2n) is 7.34. The molecule has 6 nitrogen and oxygen atoms in total. The van der Waals surface area contributed by atoms with Crippen LogP contribution in [0.2, 0.25) is 5.02 Å². The maximum atomic E-state index is 12.9. The average Bonchev–Trinajstić information content (AvgIpc) is 3.47. The number of H-pyrrole nitrogens is 1. The fourth-order valence-electron chi connectivity index (χ4n) is 3.93. The number of amides is 1. The van der Waals surface area contributed by atoms with Crippen LogP contribution < -0.4 is 10.2 Å². The molecule has 1 fully saturated rings. The van der Waals surface area contributed by atoms with Crippen molar-refractivity contribution in [1.29, 1.82) is 0 Å². The number of aromatic amines is 1. The Morgan fingerprint density at radius 1 is 1.14 bits per heavy atom. The van der Waals surface area contributed by atoms with E-state index in [0.717, 1.165) is 41.4 Å². The van der Waals surface area contributed by atoms with E-state index in [2.05, 4.69) is 31.5 Å². The number of carbonyl (C=O) groups excluding carboxylic acids is 1. The van der Waals surface area contributed by atoms with E-state index < -0.39 is 0 Å². The van der Waals surface area contributed by atoms with Crippen LogP contribution in [0.4, 0.5) is 17.1 Å². The largest absolute Gasteiger partial charge is 0.371 e. The van der Waals surface area contributed by atoms with Gasteiger partial charge in [0.25, 0.3) is 5.91 Å². The van der Waals surface area contributed by atoms with Gasteiger partial charge in [-0.2, -0.15) is 5.10 Å². The number of para-hydroxylation sites is 1. The first-order valence-corrected chi connectivity index (χ1v) is 10.1. The third kappa shape index (κ3) is 3.40. The quantitative estimate of drug-likeness (QED) is 0.666.